The Labute approximate surface area is 191 Å². The Balaban J connectivity index is 1.82. The SMILES string of the molecule is CCOCCn1c(=NC(=O)c2sc3ccccc3c2Cl)sc2cc(C(=O)OC)ccc21. The number of fused-ring (bicyclic) bond motifs is 2. The number of thiazole rings is 1. The Morgan fingerprint density at radius 3 is 2.68 bits per heavy atom. The predicted octanol–water partition coefficient (Wildman–Crippen LogP) is 5.14. The minimum Gasteiger partial charge on any atom is -0.465 e. The van der Waals surface area contributed by atoms with Gasteiger partial charge in [0.05, 0.1) is 34.5 Å². The molecule has 4 aromatic rings. The first-order valence-electron chi connectivity index (χ1n) is 9.59. The van der Waals surface area contributed by atoms with Gasteiger partial charge in [0.25, 0.3) is 5.91 Å². The van der Waals surface area contributed by atoms with Gasteiger partial charge in [0.1, 0.15) is 4.88 Å². The topological polar surface area (TPSA) is 69.9 Å². The molecule has 0 unspecified atom stereocenters. The molecule has 0 aliphatic carbocycles. The van der Waals surface area contributed by atoms with E-state index < -0.39 is 11.9 Å². The number of thiophene rings is 1. The average molecular weight is 475 g/mol. The minimum absolute atomic E-state index is 0.392. The van der Waals surface area contributed by atoms with Crippen molar-refractivity contribution in [3.8, 4) is 0 Å². The molecule has 0 radical (unpaired) electrons. The molecule has 2 heterocycles. The molecule has 0 fully saturated rings. The van der Waals surface area contributed by atoms with E-state index in [0.29, 0.717) is 40.0 Å². The van der Waals surface area contributed by atoms with Crippen LogP contribution in [0.25, 0.3) is 20.3 Å². The molecule has 0 spiro atoms. The number of benzene rings is 2. The summed E-state index contributed by atoms with van der Waals surface area (Å²) in [6.07, 6.45) is 0. The number of halogens is 1. The second-order valence-electron chi connectivity index (χ2n) is 6.57. The minimum atomic E-state index is -0.414. The van der Waals surface area contributed by atoms with E-state index in [-0.39, 0.29) is 0 Å². The van der Waals surface area contributed by atoms with Crippen LogP contribution in [0.15, 0.2) is 47.5 Å². The van der Waals surface area contributed by atoms with Crippen molar-refractivity contribution in [3.05, 3.63) is 62.7 Å². The zero-order valence-electron chi connectivity index (χ0n) is 16.9. The van der Waals surface area contributed by atoms with Crippen molar-refractivity contribution >= 4 is 66.5 Å². The van der Waals surface area contributed by atoms with Crippen molar-refractivity contribution in [2.45, 2.75) is 13.5 Å². The first kappa shape index (κ1) is 21.7. The Hall–Kier alpha value is -2.52. The van der Waals surface area contributed by atoms with Crippen molar-refractivity contribution < 1.29 is 19.1 Å². The Morgan fingerprint density at radius 1 is 1.13 bits per heavy atom. The lowest BCUT2D eigenvalue weighted by molar-refractivity contribution is 0.0600. The van der Waals surface area contributed by atoms with Gasteiger partial charge in [0.15, 0.2) is 4.80 Å². The molecule has 0 saturated carbocycles. The summed E-state index contributed by atoms with van der Waals surface area (Å²) >= 11 is 9.13. The number of esters is 1. The summed E-state index contributed by atoms with van der Waals surface area (Å²) in [7, 11) is 1.34. The second-order valence-corrected chi connectivity index (χ2v) is 9.00. The Morgan fingerprint density at radius 2 is 1.94 bits per heavy atom. The van der Waals surface area contributed by atoms with Gasteiger partial charge in [-0.25, -0.2) is 4.79 Å². The highest BCUT2D eigenvalue weighted by Crippen LogP contribution is 2.35. The summed E-state index contributed by atoms with van der Waals surface area (Å²) in [4.78, 5) is 30.3. The van der Waals surface area contributed by atoms with E-state index in [9.17, 15) is 9.59 Å². The molecule has 9 heteroatoms. The number of hydrogen-bond acceptors (Lipinski definition) is 6. The van der Waals surface area contributed by atoms with Crippen LogP contribution in [0.1, 0.15) is 27.0 Å². The zero-order valence-corrected chi connectivity index (χ0v) is 19.3. The molecule has 0 aliphatic rings. The summed E-state index contributed by atoms with van der Waals surface area (Å²) in [6.45, 7) is 3.53. The lowest BCUT2D eigenvalue weighted by Gasteiger charge is -2.06. The van der Waals surface area contributed by atoms with Gasteiger partial charge >= 0.3 is 5.97 Å². The Bertz CT molecular complexity index is 1350. The van der Waals surface area contributed by atoms with Gasteiger partial charge in [0.2, 0.25) is 0 Å². The number of hydrogen-bond donors (Lipinski definition) is 0. The van der Waals surface area contributed by atoms with Crippen LogP contribution in [-0.4, -0.2) is 36.8 Å². The fourth-order valence-corrected chi connectivity index (χ4v) is 5.70. The fraction of sp³-hybridized carbons (Fsp3) is 0.227. The molecule has 0 aliphatic heterocycles. The number of carbonyl (C=O) groups excluding carboxylic acids is 2. The highest BCUT2D eigenvalue weighted by atomic mass is 35.5. The van der Waals surface area contributed by atoms with E-state index in [1.54, 1.807) is 12.1 Å². The van der Waals surface area contributed by atoms with E-state index in [4.69, 9.17) is 21.1 Å². The number of rotatable bonds is 6. The van der Waals surface area contributed by atoms with E-state index in [0.717, 1.165) is 20.3 Å². The van der Waals surface area contributed by atoms with Crippen molar-refractivity contribution in [1.29, 1.82) is 0 Å². The quantitative estimate of drug-likeness (QED) is 0.287. The lowest BCUT2D eigenvalue weighted by Crippen LogP contribution is -2.19. The first-order valence-corrected chi connectivity index (χ1v) is 11.6. The van der Waals surface area contributed by atoms with Gasteiger partial charge in [-0.2, -0.15) is 4.99 Å². The maximum absolute atomic E-state index is 13.0. The number of aromatic nitrogens is 1. The highest BCUT2D eigenvalue weighted by molar-refractivity contribution is 7.21. The summed E-state index contributed by atoms with van der Waals surface area (Å²) in [5, 5.41) is 1.26. The van der Waals surface area contributed by atoms with Gasteiger partial charge in [0, 0.05) is 23.2 Å². The second kappa shape index (κ2) is 9.32. The van der Waals surface area contributed by atoms with Crippen molar-refractivity contribution in [2.75, 3.05) is 20.3 Å². The van der Waals surface area contributed by atoms with Crippen LogP contribution in [0.5, 0.6) is 0 Å². The molecular weight excluding hydrogens is 456 g/mol. The smallest absolute Gasteiger partial charge is 0.337 e. The fourth-order valence-electron chi connectivity index (χ4n) is 3.21. The summed E-state index contributed by atoms with van der Waals surface area (Å²) < 4.78 is 14.0. The van der Waals surface area contributed by atoms with Crippen molar-refractivity contribution in [2.24, 2.45) is 4.99 Å². The monoisotopic (exact) mass is 474 g/mol. The molecule has 0 N–H and O–H groups in total. The maximum Gasteiger partial charge on any atom is 0.337 e. The third kappa shape index (κ3) is 4.29. The molecule has 4 rings (SSSR count). The number of ether oxygens (including phenoxy) is 2. The van der Waals surface area contributed by atoms with Gasteiger partial charge in [-0.15, -0.1) is 11.3 Å². The van der Waals surface area contributed by atoms with Crippen molar-refractivity contribution in [1.82, 2.24) is 4.57 Å². The molecule has 2 aromatic heterocycles. The molecule has 0 atom stereocenters. The molecule has 6 nitrogen and oxygen atoms in total. The molecular formula is C22H19ClN2O4S2. The van der Waals surface area contributed by atoms with E-state index in [2.05, 4.69) is 4.99 Å². The molecule has 31 heavy (non-hydrogen) atoms. The summed E-state index contributed by atoms with van der Waals surface area (Å²) in [5.41, 5.74) is 1.31. The highest BCUT2D eigenvalue weighted by Gasteiger charge is 2.18. The molecule has 0 bridgehead atoms. The van der Waals surface area contributed by atoms with Gasteiger partial charge in [-0.1, -0.05) is 41.1 Å². The van der Waals surface area contributed by atoms with Crippen molar-refractivity contribution in [3.63, 3.8) is 0 Å². The predicted molar refractivity (Wildman–Crippen MR) is 124 cm³/mol. The Kier molecular flexibility index (Phi) is 6.52. The normalized spacial score (nSPS) is 12.0. The third-order valence-corrected chi connectivity index (χ3v) is 7.40. The van der Waals surface area contributed by atoms with Gasteiger partial charge in [-0.3, -0.25) is 4.79 Å². The average Bonchev–Trinajstić information content (AvgIpc) is 3.30. The first-order chi connectivity index (χ1) is 15.0. The van der Waals surface area contributed by atoms with E-state index in [1.165, 1.54) is 29.8 Å². The van der Waals surface area contributed by atoms with E-state index in [1.807, 2.05) is 41.8 Å². The number of nitrogens with zero attached hydrogens (tertiary/aromatic N) is 2. The third-order valence-electron chi connectivity index (χ3n) is 4.69. The molecule has 0 saturated heterocycles. The number of amides is 1. The summed E-state index contributed by atoms with van der Waals surface area (Å²) in [6, 6.07) is 12.9. The van der Waals surface area contributed by atoms with Crippen LogP contribution in [0, 0.1) is 0 Å². The van der Waals surface area contributed by atoms with Crippen LogP contribution >= 0.6 is 34.3 Å². The van der Waals surface area contributed by atoms with Crippen LogP contribution in [0.4, 0.5) is 0 Å². The largest absolute Gasteiger partial charge is 0.465 e. The van der Waals surface area contributed by atoms with Crippen LogP contribution < -0.4 is 4.80 Å². The number of methoxy groups -OCH3 is 1. The summed E-state index contributed by atoms with van der Waals surface area (Å²) in [5.74, 6) is -0.807. The number of carbonyl (C=O) groups is 2. The molecule has 1 amide bonds. The van der Waals surface area contributed by atoms with Crippen LogP contribution in [0.2, 0.25) is 5.02 Å². The molecule has 2 aromatic carbocycles. The van der Waals surface area contributed by atoms with E-state index >= 15 is 0 Å². The molecule has 160 valence electrons. The zero-order chi connectivity index (χ0) is 22.0. The standard InChI is InChI=1S/C22H19ClN2O4S2/c1-3-29-11-10-25-15-9-8-13(21(27)28-2)12-17(15)31-22(25)24-20(26)19-18(23)14-6-4-5-7-16(14)30-19/h4-9,12H,3,10-11H2,1-2H3. The van der Waals surface area contributed by atoms with Crippen LogP contribution in [0.3, 0.4) is 0 Å². The van der Waals surface area contributed by atoms with Crippen LogP contribution in [-0.2, 0) is 16.0 Å². The maximum atomic E-state index is 13.0. The lowest BCUT2D eigenvalue weighted by atomic mass is 10.2. The van der Waals surface area contributed by atoms with Gasteiger partial charge in [-0.05, 0) is 31.2 Å². The van der Waals surface area contributed by atoms with Gasteiger partial charge < -0.3 is 14.0 Å².